The van der Waals surface area contributed by atoms with Gasteiger partial charge >= 0.3 is 0 Å². The molecule has 27 heavy (non-hydrogen) atoms. The summed E-state index contributed by atoms with van der Waals surface area (Å²) in [5, 5.41) is 4.15. The maximum Gasteiger partial charge on any atom is 0.194 e. The summed E-state index contributed by atoms with van der Waals surface area (Å²) in [6, 6.07) is 6.12. The number of hydrogen-bond acceptors (Lipinski definition) is 2. The van der Waals surface area contributed by atoms with E-state index in [-0.39, 0.29) is 24.0 Å². The first kappa shape index (κ1) is 23.8. The number of pyridine rings is 1. The lowest BCUT2D eigenvalue weighted by molar-refractivity contribution is 0.453. The van der Waals surface area contributed by atoms with Crippen LogP contribution in [-0.2, 0) is 13.6 Å². The summed E-state index contributed by atoms with van der Waals surface area (Å²) in [6.07, 6.45) is 5.68. The van der Waals surface area contributed by atoms with Gasteiger partial charge in [0.2, 0.25) is 0 Å². The van der Waals surface area contributed by atoms with Crippen LogP contribution in [0.3, 0.4) is 0 Å². The molecule has 2 aromatic heterocycles. The second-order valence-electron chi connectivity index (χ2n) is 6.95. The Morgan fingerprint density at radius 1 is 1.41 bits per heavy atom. The second-order valence-corrected chi connectivity index (χ2v) is 7.38. The van der Waals surface area contributed by atoms with Gasteiger partial charge in [-0.25, -0.2) is 0 Å². The molecule has 7 heteroatoms. The molecule has 0 bridgehead atoms. The van der Waals surface area contributed by atoms with Crippen molar-refractivity contribution in [1.29, 1.82) is 0 Å². The van der Waals surface area contributed by atoms with Crippen molar-refractivity contribution in [2.24, 2.45) is 18.0 Å². The number of aryl methyl sites for hydroxylation is 1. The van der Waals surface area contributed by atoms with Gasteiger partial charge in [-0.05, 0) is 30.5 Å². The molecule has 0 aliphatic heterocycles. The third-order valence-corrected chi connectivity index (χ3v) is 4.73. The zero-order valence-corrected chi connectivity index (χ0v) is 19.9. The summed E-state index contributed by atoms with van der Waals surface area (Å²) in [6.45, 7) is 8.85. The summed E-state index contributed by atoms with van der Waals surface area (Å²) < 4.78 is 2.05. The Balaban J connectivity index is 0.00000364. The molecule has 0 spiro atoms. The minimum Gasteiger partial charge on any atom is -0.357 e. The number of halogens is 2. The highest BCUT2D eigenvalue weighted by Crippen LogP contribution is 2.24. The molecule has 2 rings (SSSR count). The number of rotatable bonds is 7. The molecule has 5 nitrogen and oxygen atoms in total. The Labute approximate surface area is 185 Å². The van der Waals surface area contributed by atoms with E-state index in [4.69, 9.17) is 16.6 Å². The first-order chi connectivity index (χ1) is 12.4. The smallest absolute Gasteiger partial charge is 0.194 e. The molecule has 150 valence electrons. The lowest BCUT2D eigenvalue weighted by atomic mass is 9.89. The first-order valence-corrected chi connectivity index (χ1v) is 9.50. The maximum absolute atomic E-state index is 6.10. The fourth-order valence-electron chi connectivity index (χ4n) is 2.99. The van der Waals surface area contributed by atoms with Gasteiger partial charge in [-0.15, -0.1) is 24.0 Å². The average Bonchev–Trinajstić information content (AvgIpc) is 2.92. The van der Waals surface area contributed by atoms with E-state index in [0.29, 0.717) is 11.8 Å². The van der Waals surface area contributed by atoms with E-state index in [1.54, 1.807) is 0 Å². The summed E-state index contributed by atoms with van der Waals surface area (Å²) in [7, 11) is 4.06. The van der Waals surface area contributed by atoms with Crippen molar-refractivity contribution < 1.29 is 0 Å². The van der Waals surface area contributed by atoms with Gasteiger partial charge in [0.15, 0.2) is 5.96 Å². The van der Waals surface area contributed by atoms with E-state index < -0.39 is 0 Å². The van der Waals surface area contributed by atoms with Crippen molar-refractivity contribution in [3.8, 4) is 0 Å². The maximum atomic E-state index is 6.10. The molecule has 2 aromatic rings. The Bertz CT molecular complexity index is 714. The fraction of sp³-hybridized carbons (Fsp3) is 0.500. The minimum absolute atomic E-state index is 0. The average molecular weight is 504 g/mol. The standard InChI is InChI=1S/C20H30ClN5.HI/c1-6-23-20(26(5)14-18-10-17(21)13-25(18)4)24-12-19(15(2)3)16-8-7-9-22-11-16;/h7-11,13,15,19H,6,12,14H2,1-5H3,(H,23,24);1H. The van der Waals surface area contributed by atoms with Crippen molar-refractivity contribution in [2.75, 3.05) is 20.1 Å². The highest BCUT2D eigenvalue weighted by Gasteiger charge is 2.17. The van der Waals surface area contributed by atoms with Gasteiger partial charge in [0.1, 0.15) is 0 Å². The molecule has 0 aliphatic rings. The van der Waals surface area contributed by atoms with Crippen molar-refractivity contribution in [3.05, 3.63) is 53.1 Å². The molecular weight excluding hydrogens is 473 g/mol. The zero-order valence-electron chi connectivity index (χ0n) is 16.8. The second kappa shape index (κ2) is 11.5. The third kappa shape index (κ3) is 6.99. The van der Waals surface area contributed by atoms with Crippen LogP contribution in [0, 0.1) is 5.92 Å². The summed E-state index contributed by atoms with van der Waals surface area (Å²) in [4.78, 5) is 11.3. The Hall–Kier alpha value is -1.28. The molecule has 0 radical (unpaired) electrons. The lowest BCUT2D eigenvalue weighted by Gasteiger charge is -2.24. The van der Waals surface area contributed by atoms with E-state index in [2.05, 4.69) is 53.7 Å². The van der Waals surface area contributed by atoms with Crippen LogP contribution in [-0.4, -0.2) is 40.5 Å². The number of aromatic nitrogens is 2. The number of guanidine groups is 1. The van der Waals surface area contributed by atoms with Crippen LogP contribution in [0.5, 0.6) is 0 Å². The van der Waals surface area contributed by atoms with Gasteiger partial charge in [0.25, 0.3) is 0 Å². The number of nitrogens with one attached hydrogen (secondary N) is 1. The van der Waals surface area contributed by atoms with Gasteiger partial charge < -0.3 is 14.8 Å². The molecule has 1 N–H and O–H groups in total. The summed E-state index contributed by atoms with van der Waals surface area (Å²) in [5.74, 6) is 1.73. The number of nitrogens with zero attached hydrogens (tertiary/aromatic N) is 4. The first-order valence-electron chi connectivity index (χ1n) is 9.12. The Morgan fingerprint density at radius 2 is 2.15 bits per heavy atom. The van der Waals surface area contributed by atoms with Gasteiger partial charge in [0.05, 0.1) is 11.6 Å². The van der Waals surface area contributed by atoms with Crippen molar-refractivity contribution >= 4 is 41.5 Å². The Morgan fingerprint density at radius 3 is 2.67 bits per heavy atom. The number of aliphatic imine (C=N–C) groups is 1. The van der Waals surface area contributed by atoms with Gasteiger partial charge in [-0.3, -0.25) is 9.98 Å². The van der Waals surface area contributed by atoms with Crippen LogP contribution in [0.25, 0.3) is 0 Å². The highest BCUT2D eigenvalue weighted by atomic mass is 127. The van der Waals surface area contributed by atoms with Gasteiger partial charge in [0, 0.05) is 57.4 Å². The molecule has 0 saturated heterocycles. The van der Waals surface area contributed by atoms with Crippen molar-refractivity contribution in [2.45, 2.75) is 33.2 Å². The summed E-state index contributed by atoms with van der Waals surface area (Å²) in [5.41, 5.74) is 2.38. The number of hydrogen-bond donors (Lipinski definition) is 1. The molecule has 0 aliphatic carbocycles. The third-order valence-electron chi connectivity index (χ3n) is 4.53. The normalized spacial score (nSPS) is 12.6. The van der Waals surface area contributed by atoms with Gasteiger partial charge in [-0.1, -0.05) is 31.5 Å². The van der Waals surface area contributed by atoms with Crippen LogP contribution in [0.1, 0.15) is 37.9 Å². The molecule has 1 atom stereocenters. The van der Waals surface area contributed by atoms with Crippen LogP contribution in [0.2, 0.25) is 5.02 Å². The zero-order chi connectivity index (χ0) is 19.1. The molecule has 0 amide bonds. The van der Waals surface area contributed by atoms with Crippen LogP contribution in [0.4, 0.5) is 0 Å². The molecule has 0 saturated carbocycles. The molecule has 1 unspecified atom stereocenters. The SMILES string of the molecule is CCNC(=NCC(c1cccnc1)C(C)C)N(C)Cc1cc(Cl)cn1C.I. The monoisotopic (exact) mass is 503 g/mol. The van der Waals surface area contributed by atoms with E-state index in [1.165, 1.54) is 5.56 Å². The predicted octanol–water partition coefficient (Wildman–Crippen LogP) is 4.53. The molecule has 0 fully saturated rings. The van der Waals surface area contributed by atoms with E-state index in [0.717, 1.165) is 36.3 Å². The van der Waals surface area contributed by atoms with Crippen LogP contribution < -0.4 is 5.32 Å². The van der Waals surface area contributed by atoms with E-state index in [9.17, 15) is 0 Å². The van der Waals surface area contributed by atoms with E-state index in [1.807, 2.05) is 37.8 Å². The van der Waals surface area contributed by atoms with Crippen molar-refractivity contribution in [3.63, 3.8) is 0 Å². The van der Waals surface area contributed by atoms with Crippen LogP contribution in [0.15, 0.2) is 41.8 Å². The van der Waals surface area contributed by atoms with Crippen molar-refractivity contribution in [1.82, 2.24) is 19.8 Å². The topological polar surface area (TPSA) is 45.5 Å². The Kier molecular flexibility index (Phi) is 10.2. The highest BCUT2D eigenvalue weighted by molar-refractivity contribution is 14.0. The van der Waals surface area contributed by atoms with E-state index >= 15 is 0 Å². The van der Waals surface area contributed by atoms with Gasteiger partial charge in [-0.2, -0.15) is 0 Å². The minimum atomic E-state index is 0. The quantitative estimate of drug-likeness (QED) is 0.343. The molecule has 2 heterocycles. The van der Waals surface area contributed by atoms with Crippen LogP contribution >= 0.6 is 35.6 Å². The summed E-state index contributed by atoms with van der Waals surface area (Å²) >= 11 is 6.10. The largest absolute Gasteiger partial charge is 0.357 e. The molecular formula is C20H31ClIN5. The molecule has 0 aromatic carbocycles. The fourth-order valence-corrected chi connectivity index (χ4v) is 3.26. The predicted molar refractivity (Wildman–Crippen MR) is 125 cm³/mol. The lowest BCUT2D eigenvalue weighted by Crippen LogP contribution is -2.39.